The Labute approximate surface area is 139 Å². The maximum absolute atomic E-state index is 12.1. The van der Waals surface area contributed by atoms with E-state index in [1.54, 1.807) is 12.1 Å². The molecule has 1 aromatic heterocycles. The zero-order chi connectivity index (χ0) is 16.9. The molecular formula is C19H19NO4. The molecule has 5 nitrogen and oxygen atoms in total. The summed E-state index contributed by atoms with van der Waals surface area (Å²) < 4.78 is 12.0. The van der Waals surface area contributed by atoms with Gasteiger partial charge in [0, 0.05) is 6.54 Å². The molecule has 2 aromatic carbocycles. The molecule has 24 heavy (non-hydrogen) atoms. The highest BCUT2D eigenvalue weighted by Crippen LogP contribution is 2.14. The molecule has 0 saturated carbocycles. The molecule has 0 atom stereocenters. The number of fused-ring (bicyclic) bond motifs is 1. The molecule has 5 heteroatoms. The molecule has 3 aromatic rings. The summed E-state index contributed by atoms with van der Waals surface area (Å²) in [6.45, 7) is 2.95. The van der Waals surface area contributed by atoms with Crippen molar-refractivity contribution in [2.75, 3.05) is 6.61 Å². The van der Waals surface area contributed by atoms with Gasteiger partial charge >= 0.3 is 11.4 Å². The van der Waals surface area contributed by atoms with Gasteiger partial charge in [0.25, 0.3) is 0 Å². The summed E-state index contributed by atoms with van der Waals surface area (Å²) in [5, 5.41) is 0.440. The standard InChI is InChI=1S/C19H19NO4/c1-14-8-7-11-16-17(14)20(19(22)24-18(16)21)12-5-6-13-23-15-9-3-2-4-10-15/h2-4,7-11H,5-6,12-13H2,1H3. The summed E-state index contributed by atoms with van der Waals surface area (Å²) in [7, 11) is 0. The van der Waals surface area contributed by atoms with Crippen LogP contribution in [0, 0.1) is 6.92 Å². The van der Waals surface area contributed by atoms with Crippen molar-refractivity contribution in [2.45, 2.75) is 26.3 Å². The summed E-state index contributed by atoms with van der Waals surface area (Å²) in [5.74, 6) is 0.229. The van der Waals surface area contributed by atoms with Crippen LogP contribution in [0.15, 0.2) is 62.5 Å². The van der Waals surface area contributed by atoms with Gasteiger partial charge in [-0.3, -0.25) is 4.57 Å². The first kappa shape index (κ1) is 16.1. The molecule has 124 valence electrons. The Bertz CT molecular complexity index is 941. The number of aryl methyl sites for hydroxylation is 2. The number of rotatable bonds is 6. The number of hydrogen-bond acceptors (Lipinski definition) is 4. The minimum Gasteiger partial charge on any atom is -0.494 e. The Morgan fingerprint density at radius 3 is 2.58 bits per heavy atom. The van der Waals surface area contributed by atoms with Crippen molar-refractivity contribution in [3.05, 3.63) is 75.1 Å². The second-order valence-electron chi connectivity index (χ2n) is 5.65. The van der Waals surface area contributed by atoms with Gasteiger partial charge in [0.1, 0.15) is 5.75 Å². The normalized spacial score (nSPS) is 10.9. The third-order valence-electron chi connectivity index (χ3n) is 3.92. The van der Waals surface area contributed by atoms with Crippen LogP contribution < -0.4 is 16.1 Å². The van der Waals surface area contributed by atoms with E-state index >= 15 is 0 Å². The van der Waals surface area contributed by atoms with Crippen LogP contribution in [0.2, 0.25) is 0 Å². The first-order valence-electron chi connectivity index (χ1n) is 7.98. The molecule has 0 unspecified atom stereocenters. The predicted molar refractivity (Wildman–Crippen MR) is 92.7 cm³/mol. The largest absolute Gasteiger partial charge is 0.494 e. The zero-order valence-electron chi connectivity index (χ0n) is 13.5. The number of unbranched alkanes of at least 4 members (excludes halogenated alkanes) is 1. The molecule has 0 bridgehead atoms. The first-order chi connectivity index (χ1) is 11.7. The Balaban J connectivity index is 1.69. The van der Waals surface area contributed by atoms with Crippen molar-refractivity contribution in [3.8, 4) is 5.75 Å². The van der Waals surface area contributed by atoms with Gasteiger partial charge in [-0.05, 0) is 43.5 Å². The molecule has 0 saturated heterocycles. The van der Waals surface area contributed by atoms with Crippen LogP contribution in [0.4, 0.5) is 0 Å². The number of hydrogen-bond donors (Lipinski definition) is 0. The van der Waals surface area contributed by atoms with E-state index in [1.807, 2.05) is 43.3 Å². The van der Waals surface area contributed by atoms with E-state index < -0.39 is 11.4 Å². The van der Waals surface area contributed by atoms with Crippen LogP contribution in [0.25, 0.3) is 10.9 Å². The summed E-state index contributed by atoms with van der Waals surface area (Å²) in [4.78, 5) is 23.9. The van der Waals surface area contributed by atoms with Gasteiger partial charge in [-0.1, -0.05) is 30.3 Å². The number of aromatic nitrogens is 1. The third kappa shape index (κ3) is 3.40. The van der Waals surface area contributed by atoms with Gasteiger partial charge in [-0.15, -0.1) is 0 Å². The Morgan fingerprint density at radius 1 is 1.00 bits per heavy atom. The number of para-hydroxylation sites is 2. The van der Waals surface area contributed by atoms with E-state index in [1.165, 1.54) is 4.57 Å². The van der Waals surface area contributed by atoms with Gasteiger partial charge < -0.3 is 9.15 Å². The monoisotopic (exact) mass is 325 g/mol. The molecular weight excluding hydrogens is 306 g/mol. The molecule has 0 fully saturated rings. The van der Waals surface area contributed by atoms with E-state index in [9.17, 15) is 9.59 Å². The first-order valence-corrected chi connectivity index (χ1v) is 7.98. The van der Waals surface area contributed by atoms with Crippen molar-refractivity contribution in [2.24, 2.45) is 0 Å². The molecule has 3 rings (SSSR count). The van der Waals surface area contributed by atoms with Crippen molar-refractivity contribution in [3.63, 3.8) is 0 Å². The number of benzene rings is 2. The smallest absolute Gasteiger partial charge is 0.422 e. The average molecular weight is 325 g/mol. The van der Waals surface area contributed by atoms with Gasteiger partial charge in [-0.2, -0.15) is 0 Å². The maximum Gasteiger partial charge on any atom is 0.422 e. The molecule has 0 radical (unpaired) electrons. The van der Waals surface area contributed by atoms with Gasteiger partial charge in [-0.25, -0.2) is 9.59 Å². The van der Waals surface area contributed by atoms with Crippen LogP contribution in [-0.4, -0.2) is 11.2 Å². The van der Waals surface area contributed by atoms with E-state index in [-0.39, 0.29) is 0 Å². The zero-order valence-corrected chi connectivity index (χ0v) is 13.5. The van der Waals surface area contributed by atoms with Gasteiger partial charge in [0.15, 0.2) is 0 Å². The fourth-order valence-electron chi connectivity index (χ4n) is 2.74. The second-order valence-corrected chi connectivity index (χ2v) is 5.65. The van der Waals surface area contributed by atoms with Crippen LogP contribution in [-0.2, 0) is 6.54 Å². The lowest BCUT2D eigenvalue weighted by Crippen LogP contribution is -2.25. The van der Waals surface area contributed by atoms with E-state index in [0.717, 1.165) is 24.2 Å². The van der Waals surface area contributed by atoms with E-state index in [2.05, 4.69) is 0 Å². The summed E-state index contributed by atoms with van der Waals surface area (Å²) in [5.41, 5.74) is 0.961. The topological polar surface area (TPSA) is 61.4 Å². The second kappa shape index (κ2) is 7.17. The predicted octanol–water partition coefficient (Wildman–Crippen LogP) is 3.12. The SMILES string of the molecule is Cc1cccc2c(=O)oc(=O)n(CCCCOc3ccccc3)c12. The minimum absolute atomic E-state index is 0.440. The van der Waals surface area contributed by atoms with Crippen LogP contribution in [0.1, 0.15) is 18.4 Å². The molecule has 0 amide bonds. The average Bonchev–Trinajstić information content (AvgIpc) is 2.58. The fraction of sp³-hybridized carbons (Fsp3) is 0.263. The van der Waals surface area contributed by atoms with Crippen LogP contribution in [0.5, 0.6) is 5.75 Å². The summed E-state index contributed by atoms with van der Waals surface area (Å²) in [6.07, 6.45) is 1.55. The minimum atomic E-state index is -0.606. The van der Waals surface area contributed by atoms with Gasteiger partial charge in [0.05, 0.1) is 17.5 Å². The number of nitrogens with zero attached hydrogens (tertiary/aromatic N) is 1. The van der Waals surface area contributed by atoms with E-state index in [4.69, 9.17) is 9.15 Å². The highest BCUT2D eigenvalue weighted by molar-refractivity contribution is 5.80. The molecule has 0 aliphatic carbocycles. The molecule has 0 aliphatic rings. The lowest BCUT2D eigenvalue weighted by molar-refractivity contribution is 0.301. The van der Waals surface area contributed by atoms with Crippen LogP contribution in [0.3, 0.4) is 0 Å². The third-order valence-corrected chi connectivity index (χ3v) is 3.92. The fourth-order valence-corrected chi connectivity index (χ4v) is 2.74. The van der Waals surface area contributed by atoms with Crippen molar-refractivity contribution >= 4 is 10.9 Å². The van der Waals surface area contributed by atoms with Crippen LogP contribution >= 0.6 is 0 Å². The molecule has 0 N–H and O–H groups in total. The Hall–Kier alpha value is -2.82. The summed E-state index contributed by atoms with van der Waals surface area (Å²) in [6, 6.07) is 15.0. The van der Waals surface area contributed by atoms with Crippen molar-refractivity contribution in [1.29, 1.82) is 0 Å². The molecule has 0 aliphatic heterocycles. The van der Waals surface area contributed by atoms with Crippen molar-refractivity contribution in [1.82, 2.24) is 4.57 Å². The lowest BCUT2D eigenvalue weighted by Gasteiger charge is -2.11. The molecule has 0 spiro atoms. The Kier molecular flexibility index (Phi) is 4.79. The quantitative estimate of drug-likeness (QED) is 0.653. The molecule has 1 heterocycles. The highest BCUT2D eigenvalue weighted by atomic mass is 16.5. The van der Waals surface area contributed by atoms with Gasteiger partial charge in [0.2, 0.25) is 0 Å². The highest BCUT2D eigenvalue weighted by Gasteiger charge is 2.10. The van der Waals surface area contributed by atoms with Crippen molar-refractivity contribution < 1.29 is 9.15 Å². The van der Waals surface area contributed by atoms with E-state index in [0.29, 0.717) is 24.1 Å². The number of ether oxygens (including phenoxy) is 1. The lowest BCUT2D eigenvalue weighted by atomic mass is 10.1. The summed E-state index contributed by atoms with van der Waals surface area (Å²) >= 11 is 0. The Morgan fingerprint density at radius 2 is 1.79 bits per heavy atom. The maximum atomic E-state index is 12.1.